The van der Waals surface area contributed by atoms with Crippen molar-refractivity contribution in [3.05, 3.63) is 35.1 Å². The summed E-state index contributed by atoms with van der Waals surface area (Å²) in [5, 5.41) is 11.7. The normalized spacial score (nSPS) is 15.6. The number of nitrogens with zero attached hydrogens (tertiary/aromatic N) is 2. The first kappa shape index (κ1) is 25.3. The molecule has 2 rings (SSSR count). The number of ether oxygens (including phenoxy) is 1. The third kappa shape index (κ3) is 6.06. The molecule has 0 radical (unpaired) electrons. The van der Waals surface area contributed by atoms with E-state index in [9.17, 15) is 18.8 Å². The molecule has 0 bridgehead atoms. The highest BCUT2D eigenvalue weighted by Gasteiger charge is 2.40. The Labute approximate surface area is 188 Å². The van der Waals surface area contributed by atoms with Crippen LogP contribution in [0.15, 0.2) is 18.2 Å². The van der Waals surface area contributed by atoms with Gasteiger partial charge < -0.3 is 15.0 Å². The average molecular weight is 446 g/mol. The number of piperidine rings is 1. The summed E-state index contributed by atoms with van der Waals surface area (Å²) in [6, 6.07) is 5.01. The molecule has 2 amide bonds. The first-order valence-corrected chi connectivity index (χ1v) is 11.1. The molecule has 7 nitrogen and oxygen atoms in total. The summed E-state index contributed by atoms with van der Waals surface area (Å²) in [6.45, 7) is 8.65. The number of benzene rings is 1. The summed E-state index contributed by atoms with van der Waals surface area (Å²) < 4.78 is 19.3. The van der Waals surface area contributed by atoms with E-state index in [1.54, 1.807) is 25.7 Å². The molecule has 32 heavy (non-hydrogen) atoms. The molecule has 1 saturated heterocycles. The summed E-state index contributed by atoms with van der Waals surface area (Å²) in [5.41, 5.74) is -0.931. The van der Waals surface area contributed by atoms with E-state index in [0.29, 0.717) is 32.5 Å². The second kappa shape index (κ2) is 11.1. The molecule has 0 aliphatic carbocycles. The van der Waals surface area contributed by atoms with Crippen LogP contribution in [-0.4, -0.2) is 48.4 Å². The monoisotopic (exact) mass is 445 g/mol. The molecule has 1 atom stereocenters. The number of hydrogen-bond acceptors (Lipinski definition) is 5. The fourth-order valence-electron chi connectivity index (χ4n) is 4.15. The lowest BCUT2D eigenvalue weighted by Crippen LogP contribution is -2.54. The summed E-state index contributed by atoms with van der Waals surface area (Å²) >= 11 is 0. The standard InChI is InChI=1S/C24H32FN3O4/c1-5-20(27-22(30)18-8-7-17(15-26)13-19(18)25)24(3,4)23(31)28-11-9-16(10-12-28)14-21(29)32-6-2/h7-8,13,16,20H,5-6,9-12,14H2,1-4H3,(H,27,30)/t20-/m1/s1. The molecular weight excluding hydrogens is 413 g/mol. The lowest BCUT2D eigenvalue weighted by molar-refractivity contribution is -0.145. The molecular formula is C24H32FN3O4. The molecule has 1 aromatic rings. The predicted molar refractivity (Wildman–Crippen MR) is 117 cm³/mol. The van der Waals surface area contributed by atoms with Crippen molar-refractivity contribution >= 4 is 17.8 Å². The fourth-order valence-corrected chi connectivity index (χ4v) is 4.15. The largest absolute Gasteiger partial charge is 0.466 e. The zero-order valence-electron chi connectivity index (χ0n) is 19.2. The second-order valence-corrected chi connectivity index (χ2v) is 8.71. The van der Waals surface area contributed by atoms with Gasteiger partial charge in [-0.2, -0.15) is 5.26 Å². The van der Waals surface area contributed by atoms with E-state index in [0.717, 1.165) is 18.9 Å². The summed E-state index contributed by atoms with van der Waals surface area (Å²) in [4.78, 5) is 39.5. The van der Waals surface area contributed by atoms with Crippen LogP contribution in [0.4, 0.5) is 4.39 Å². The number of halogens is 1. The van der Waals surface area contributed by atoms with Crippen molar-refractivity contribution in [3.63, 3.8) is 0 Å². The molecule has 0 unspecified atom stereocenters. The number of likely N-dealkylation sites (tertiary alicyclic amines) is 1. The summed E-state index contributed by atoms with van der Waals surface area (Å²) in [6.07, 6.45) is 2.30. The van der Waals surface area contributed by atoms with Crippen molar-refractivity contribution in [1.29, 1.82) is 5.26 Å². The molecule has 0 aromatic heterocycles. The Morgan fingerprint density at radius 1 is 1.28 bits per heavy atom. The van der Waals surface area contributed by atoms with Crippen LogP contribution in [0.1, 0.15) is 69.3 Å². The Hall–Kier alpha value is -2.95. The van der Waals surface area contributed by atoms with Crippen LogP contribution in [0.5, 0.6) is 0 Å². The average Bonchev–Trinajstić information content (AvgIpc) is 2.77. The van der Waals surface area contributed by atoms with Crippen LogP contribution in [0.3, 0.4) is 0 Å². The maximum atomic E-state index is 14.2. The van der Waals surface area contributed by atoms with Gasteiger partial charge in [0.25, 0.3) is 5.91 Å². The van der Waals surface area contributed by atoms with Crippen LogP contribution >= 0.6 is 0 Å². The van der Waals surface area contributed by atoms with Crippen LogP contribution in [-0.2, 0) is 14.3 Å². The van der Waals surface area contributed by atoms with Gasteiger partial charge in [0.1, 0.15) is 5.82 Å². The highest BCUT2D eigenvalue weighted by Crippen LogP contribution is 2.30. The lowest BCUT2D eigenvalue weighted by Gasteiger charge is -2.40. The van der Waals surface area contributed by atoms with E-state index < -0.39 is 23.2 Å². The molecule has 1 fully saturated rings. The molecule has 0 saturated carbocycles. The Morgan fingerprint density at radius 2 is 1.94 bits per heavy atom. The van der Waals surface area contributed by atoms with Gasteiger partial charge in [-0.3, -0.25) is 14.4 Å². The van der Waals surface area contributed by atoms with Crippen molar-refractivity contribution in [3.8, 4) is 6.07 Å². The van der Waals surface area contributed by atoms with Gasteiger partial charge in [0, 0.05) is 25.6 Å². The van der Waals surface area contributed by atoms with Gasteiger partial charge in [-0.25, -0.2) is 4.39 Å². The zero-order chi connectivity index (χ0) is 23.9. The van der Waals surface area contributed by atoms with Crippen molar-refractivity contribution in [1.82, 2.24) is 10.2 Å². The first-order chi connectivity index (χ1) is 15.1. The highest BCUT2D eigenvalue weighted by molar-refractivity contribution is 5.95. The van der Waals surface area contributed by atoms with Gasteiger partial charge in [0.05, 0.1) is 29.2 Å². The van der Waals surface area contributed by atoms with Gasteiger partial charge in [0.15, 0.2) is 0 Å². The van der Waals surface area contributed by atoms with Crippen molar-refractivity contribution < 1.29 is 23.5 Å². The summed E-state index contributed by atoms with van der Waals surface area (Å²) in [5.74, 6) is -1.49. The number of rotatable bonds is 8. The fraction of sp³-hybridized carbons (Fsp3) is 0.583. The topological polar surface area (TPSA) is 99.5 Å². The minimum absolute atomic E-state index is 0.0838. The number of esters is 1. The van der Waals surface area contributed by atoms with E-state index in [2.05, 4.69) is 5.32 Å². The predicted octanol–water partition coefficient (Wildman–Crippen LogP) is 3.42. The van der Waals surface area contributed by atoms with Gasteiger partial charge in [0.2, 0.25) is 5.91 Å². The minimum Gasteiger partial charge on any atom is -0.466 e. The summed E-state index contributed by atoms with van der Waals surface area (Å²) in [7, 11) is 0. The third-order valence-electron chi connectivity index (χ3n) is 6.14. The molecule has 1 aliphatic rings. The number of nitrogens with one attached hydrogen (secondary N) is 1. The van der Waals surface area contributed by atoms with E-state index in [1.165, 1.54) is 12.1 Å². The quantitative estimate of drug-likeness (QED) is 0.618. The molecule has 174 valence electrons. The molecule has 0 spiro atoms. The van der Waals surface area contributed by atoms with Crippen LogP contribution in [0.25, 0.3) is 0 Å². The van der Waals surface area contributed by atoms with Crippen molar-refractivity contribution in [2.24, 2.45) is 11.3 Å². The second-order valence-electron chi connectivity index (χ2n) is 8.71. The Bertz CT molecular complexity index is 886. The van der Waals surface area contributed by atoms with Crippen LogP contribution in [0, 0.1) is 28.5 Å². The van der Waals surface area contributed by atoms with E-state index in [-0.39, 0.29) is 28.9 Å². The van der Waals surface area contributed by atoms with Crippen molar-refractivity contribution in [2.45, 2.75) is 59.4 Å². The third-order valence-corrected chi connectivity index (χ3v) is 6.14. The molecule has 1 N–H and O–H groups in total. The van der Waals surface area contributed by atoms with Crippen molar-refractivity contribution in [2.75, 3.05) is 19.7 Å². The SMILES string of the molecule is CCOC(=O)CC1CCN(C(=O)C(C)(C)[C@@H](CC)NC(=O)c2ccc(C#N)cc2F)CC1. The Balaban J connectivity index is 2.02. The van der Waals surface area contributed by atoms with Gasteiger partial charge in [-0.1, -0.05) is 6.92 Å². The number of amides is 2. The highest BCUT2D eigenvalue weighted by atomic mass is 19.1. The Kier molecular flexibility index (Phi) is 8.76. The maximum Gasteiger partial charge on any atom is 0.306 e. The number of carbonyl (C=O) groups excluding carboxylic acids is 3. The molecule has 1 heterocycles. The number of hydrogen-bond donors (Lipinski definition) is 1. The minimum atomic E-state index is -0.901. The van der Waals surface area contributed by atoms with Crippen LogP contribution < -0.4 is 5.32 Å². The van der Waals surface area contributed by atoms with E-state index >= 15 is 0 Å². The molecule has 1 aromatic carbocycles. The maximum absolute atomic E-state index is 14.2. The molecule has 8 heteroatoms. The van der Waals surface area contributed by atoms with E-state index in [1.807, 2.05) is 13.0 Å². The molecule has 1 aliphatic heterocycles. The number of nitriles is 1. The smallest absolute Gasteiger partial charge is 0.306 e. The van der Waals surface area contributed by atoms with E-state index in [4.69, 9.17) is 10.00 Å². The van der Waals surface area contributed by atoms with Gasteiger partial charge in [-0.05, 0) is 64.2 Å². The lowest BCUT2D eigenvalue weighted by atomic mass is 9.80. The van der Waals surface area contributed by atoms with Gasteiger partial charge in [-0.15, -0.1) is 0 Å². The van der Waals surface area contributed by atoms with Gasteiger partial charge >= 0.3 is 5.97 Å². The van der Waals surface area contributed by atoms with Crippen LogP contribution in [0.2, 0.25) is 0 Å². The Morgan fingerprint density at radius 3 is 2.47 bits per heavy atom. The first-order valence-electron chi connectivity index (χ1n) is 11.1. The number of carbonyl (C=O) groups is 3. The zero-order valence-corrected chi connectivity index (χ0v) is 19.2.